The largest absolute Gasteiger partial charge is 0.353 e. The molecule has 1 N–H and O–H groups in total. The van der Waals surface area contributed by atoms with E-state index in [0.29, 0.717) is 13.0 Å². The van der Waals surface area contributed by atoms with Gasteiger partial charge in [-0.2, -0.15) is 0 Å². The van der Waals surface area contributed by atoms with Crippen LogP contribution in [0, 0.1) is 0 Å². The van der Waals surface area contributed by atoms with Gasteiger partial charge in [-0.1, -0.05) is 6.08 Å². The van der Waals surface area contributed by atoms with Crippen LogP contribution in [0.5, 0.6) is 0 Å². The molecule has 54 valence electrons. The smallest absolute Gasteiger partial charge is 0.207 e. The van der Waals surface area contributed by atoms with Crippen LogP contribution in [0.3, 0.4) is 0 Å². The maximum Gasteiger partial charge on any atom is 0.207 e. The molecule has 1 aliphatic rings. The van der Waals surface area contributed by atoms with Crippen LogP contribution in [-0.4, -0.2) is 25.2 Å². The van der Waals surface area contributed by atoms with E-state index < -0.39 is 0 Å². The van der Waals surface area contributed by atoms with Crippen LogP contribution in [0.1, 0.15) is 6.42 Å². The Morgan fingerprint density at radius 2 is 2.70 bits per heavy atom. The third-order valence-electron chi connectivity index (χ3n) is 1.29. The first kappa shape index (κ1) is 6.99. The third-order valence-corrected chi connectivity index (χ3v) is 1.29. The van der Waals surface area contributed by atoms with Crippen LogP contribution >= 0.6 is 0 Å². The summed E-state index contributed by atoms with van der Waals surface area (Å²) in [5.74, 6) is 0. The first-order valence-electron chi connectivity index (χ1n) is 3.30. The van der Waals surface area contributed by atoms with E-state index in [1.54, 1.807) is 0 Å². The molecule has 0 unspecified atom stereocenters. The number of aliphatic imine (C=N–C) groups is 1. The Morgan fingerprint density at radius 3 is 3.30 bits per heavy atom. The van der Waals surface area contributed by atoms with Crippen molar-refractivity contribution < 1.29 is 4.79 Å². The van der Waals surface area contributed by atoms with Gasteiger partial charge < -0.3 is 5.32 Å². The SMILES string of the molecule is O=CNCC1=NCCC=C1. The Bertz CT molecular complexity index is 172. The van der Waals surface area contributed by atoms with E-state index in [1.165, 1.54) is 0 Å². The number of hydrogen-bond donors (Lipinski definition) is 1. The zero-order valence-electron chi connectivity index (χ0n) is 5.71. The summed E-state index contributed by atoms with van der Waals surface area (Å²) < 4.78 is 0. The summed E-state index contributed by atoms with van der Waals surface area (Å²) in [7, 11) is 0. The summed E-state index contributed by atoms with van der Waals surface area (Å²) in [5, 5.41) is 2.56. The highest BCUT2D eigenvalue weighted by atomic mass is 16.1. The van der Waals surface area contributed by atoms with Crippen LogP contribution in [-0.2, 0) is 4.79 Å². The number of carbonyl (C=O) groups is 1. The lowest BCUT2D eigenvalue weighted by atomic mass is 10.2. The molecular weight excluding hydrogens is 128 g/mol. The van der Waals surface area contributed by atoms with Crippen molar-refractivity contribution in [2.45, 2.75) is 6.42 Å². The molecular formula is C7H10N2O. The highest BCUT2D eigenvalue weighted by Crippen LogP contribution is 1.94. The number of amides is 1. The van der Waals surface area contributed by atoms with Gasteiger partial charge >= 0.3 is 0 Å². The van der Waals surface area contributed by atoms with Crippen LogP contribution in [0.25, 0.3) is 0 Å². The molecule has 0 bridgehead atoms. The van der Waals surface area contributed by atoms with Crippen molar-refractivity contribution in [3.8, 4) is 0 Å². The molecule has 0 aromatic carbocycles. The second-order valence-corrected chi connectivity index (χ2v) is 2.06. The maximum atomic E-state index is 9.86. The van der Waals surface area contributed by atoms with Crippen LogP contribution in [0.2, 0.25) is 0 Å². The lowest BCUT2D eigenvalue weighted by Gasteiger charge is -2.03. The molecule has 3 nitrogen and oxygen atoms in total. The Balaban J connectivity index is 2.32. The van der Waals surface area contributed by atoms with Gasteiger partial charge in [-0.25, -0.2) is 0 Å². The fourth-order valence-electron chi connectivity index (χ4n) is 0.816. The average Bonchev–Trinajstić information content (AvgIpc) is 2.03. The number of nitrogens with zero attached hydrogens (tertiary/aromatic N) is 1. The number of rotatable bonds is 3. The molecule has 1 heterocycles. The van der Waals surface area contributed by atoms with E-state index in [1.807, 2.05) is 6.08 Å². The summed E-state index contributed by atoms with van der Waals surface area (Å²) in [6.07, 6.45) is 5.71. The number of carbonyl (C=O) groups excluding carboxylic acids is 1. The average molecular weight is 138 g/mol. The number of dihydropyridines is 1. The summed E-state index contributed by atoms with van der Waals surface area (Å²) >= 11 is 0. The second-order valence-electron chi connectivity index (χ2n) is 2.06. The molecule has 10 heavy (non-hydrogen) atoms. The van der Waals surface area contributed by atoms with Crippen molar-refractivity contribution in [3.05, 3.63) is 12.2 Å². The molecule has 0 aliphatic carbocycles. The summed E-state index contributed by atoms with van der Waals surface area (Å²) in [4.78, 5) is 14.0. The second kappa shape index (κ2) is 3.82. The first-order valence-corrected chi connectivity index (χ1v) is 3.30. The van der Waals surface area contributed by atoms with Crippen molar-refractivity contribution in [1.29, 1.82) is 0 Å². The Morgan fingerprint density at radius 1 is 1.80 bits per heavy atom. The van der Waals surface area contributed by atoms with Gasteiger partial charge in [0.25, 0.3) is 0 Å². The molecule has 0 saturated heterocycles. The molecule has 1 aliphatic heterocycles. The standard InChI is InChI=1S/C7H10N2O/c10-6-8-5-7-3-1-2-4-9-7/h1,3,6H,2,4-5H2,(H,8,10). The van der Waals surface area contributed by atoms with Crippen LogP contribution < -0.4 is 5.32 Å². The van der Waals surface area contributed by atoms with Gasteiger partial charge in [0, 0.05) is 6.54 Å². The normalized spacial score (nSPS) is 16.2. The van der Waals surface area contributed by atoms with Gasteiger partial charge in [0.1, 0.15) is 0 Å². The molecule has 3 heteroatoms. The molecule has 0 atom stereocenters. The van der Waals surface area contributed by atoms with Crippen LogP contribution in [0.15, 0.2) is 17.1 Å². The minimum Gasteiger partial charge on any atom is -0.353 e. The van der Waals surface area contributed by atoms with Crippen molar-refractivity contribution in [2.75, 3.05) is 13.1 Å². The van der Waals surface area contributed by atoms with Gasteiger partial charge in [-0.3, -0.25) is 9.79 Å². The van der Waals surface area contributed by atoms with E-state index in [-0.39, 0.29) is 0 Å². The maximum absolute atomic E-state index is 9.86. The molecule has 0 aromatic rings. The minimum atomic E-state index is 0.556. The topological polar surface area (TPSA) is 41.5 Å². The van der Waals surface area contributed by atoms with E-state index in [9.17, 15) is 4.79 Å². The summed E-state index contributed by atoms with van der Waals surface area (Å²) in [5.41, 5.74) is 0.957. The molecule has 1 rings (SSSR count). The van der Waals surface area contributed by atoms with Crippen molar-refractivity contribution in [2.24, 2.45) is 4.99 Å². The Kier molecular flexibility index (Phi) is 2.67. The van der Waals surface area contributed by atoms with Gasteiger partial charge in [0.15, 0.2) is 0 Å². The zero-order valence-corrected chi connectivity index (χ0v) is 5.71. The number of hydrogen-bond acceptors (Lipinski definition) is 2. The van der Waals surface area contributed by atoms with Gasteiger partial charge in [-0.15, -0.1) is 0 Å². The predicted octanol–water partition coefficient (Wildman–Crippen LogP) is 0.133. The zero-order chi connectivity index (χ0) is 7.23. The van der Waals surface area contributed by atoms with Gasteiger partial charge in [0.05, 0.1) is 12.3 Å². The third kappa shape index (κ3) is 2.01. The lowest BCUT2D eigenvalue weighted by molar-refractivity contribution is -0.109. The molecule has 0 spiro atoms. The van der Waals surface area contributed by atoms with Crippen molar-refractivity contribution in [3.63, 3.8) is 0 Å². The van der Waals surface area contributed by atoms with Crippen LogP contribution in [0.4, 0.5) is 0 Å². The fraction of sp³-hybridized carbons (Fsp3) is 0.429. The molecule has 1 amide bonds. The van der Waals surface area contributed by atoms with E-state index in [2.05, 4.69) is 16.4 Å². The first-order chi connectivity index (χ1) is 4.93. The van der Waals surface area contributed by atoms with Gasteiger partial charge in [0.2, 0.25) is 6.41 Å². The highest BCUT2D eigenvalue weighted by molar-refractivity contribution is 5.97. The van der Waals surface area contributed by atoms with E-state index in [0.717, 1.165) is 18.7 Å². The fourth-order valence-corrected chi connectivity index (χ4v) is 0.816. The van der Waals surface area contributed by atoms with Crippen molar-refractivity contribution in [1.82, 2.24) is 5.32 Å². The monoisotopic (exact) mass is 138 g/mol. The quantitative estimate of drug-likeness (QED) is 0.553. The molecule has 0 fully saturated rings. The summed E-state index contributed by atoms with van der Waals surface area (Å²) in [6, 6.07) is 0. The lowest BCUT2D eigenvalue weighted by Crippen LogP contribution is -2.21. The minimum absolute atomic E-state index is 0.556. The predicted molar refractivity (Wildman–Crippen MR) is 40.1 cm³/mol. The summed E-state index contributed by atoms with van der Waals surface area (Å²) in [6.45, 7) is 1.41. The molecule has 0 saturated carbocycles. The van der Waals surface area contributed by atoms with Crippen molar-refractivity contribution >= 4 is 12.1 Å². The molecule has 0 aromatic heterocycles. The number of nitrogens with one attached hydrogen (secondary N) is 1. The van der Waals surface area contributed by atoms with E-state index >= 15 is 0 Å². The Hall–Kier alpha value is -1.12. The van der Waals surface area contributed by atoms with Gasteiger partial charge in [-0.05, 0) is 12.5 Å². The Labute approximate surface area is 59.8 Å². The van der Waals surface area contributed by atoms with E-state index in [4.69, 9.17) is 0 Å². The highest BCUT2D eigenvalue weighted by Gasteiger charge is 1.95. The molecule has 0 radical (unpaired) electrons.